The zero-order chi connectivity index (χ0) is 13.5. The molecule has 1 aromatic rings. The van der Waals surface area contributed by atoms with Crippen LogP contribution in [-0.2, 0) is 11.3 Å². The second-order valence-electron chi connectivity index (χ2n) is 5.11. The molecule has 0 aliphatic carbocycles. The van der Waals surface area contributed by atoms with Gasteiger partial charge in [-0.1, -0.05) is 12.1 Å². The number of nitrogens with zero attached hydrogens (tertiary/aromatic N) is 1. The first-order valence-electron chi connectivity index (χ1n) is 6.95. The van der Waals surface area contributed by atoms with Crippen LogP contribution in [-0.4, -0.2) is 44.9 Å². The maximum Gasteiger partial charge on any atom is 0.119 e. The zero-order valence-electron chi connectivity index (χ0n) is 11.7. The van der Waals surface area contributed by atoms with Crippen molar-refractivity contribution in [3.8, 4) is 5.75 Å². The van der Waals surface area contributed by atoms with Crippen molar-refractivity contribution < 1.29 is 9.47 Å². The second kappa shape index (κ2) is 7.48. The van der Waals surface area contributed by atoms with Crippen LogP contribution in [0.3, 0.4) is 0 Å². The lowest BCUT2D eigenvalue weighted by molar-refractivity contribution is 0.150. The van der Waals surface area contributed by atoms with Crippen LogP contribution >= 0.6 is 0 Å². The smallest absolute Gasteiger partial charge is 0.119 e. The van der Waals surface area contributed by atoms with E-state index in [1.807, 2.05) is 24.3 Å². The lowest BCUT2D eigenvalue weighted by Crippen LogP contribution is -2.26. The molecule has 1 aliphatic rings. The van der Waals surface area contributed by atoms with Gasteiger partial charge < -0.3 is 15.2 Å². The van der Waals surface area contributed by atoms with Crippen molar-refractivity contribution in [2.45, 2.75) is 13.0 Å². The van der Waals surface area contributed by atoms with Gasteiger partial charge in [0.15, 0.2) is 0 Å². The topological polar surface area (TPSA) is 47.7 Å². The summed E-state index contributed by atoms with van der Waals surface area (Å²) in [5.41, 5.74) is 6.73. The third-order valence-electron chi connectivity index (χ3n) is 3.58. The number of hydrogen-bond donors (Lipinski definition) is 1. The maximum absolute atomic E-state index is 5.78. The molecule has 2 rings (SSSR count). The first kappa shape index (κ1) is 14.3. The molecule has 1 aliphatic heterocycles. The van der Waals surface area contributed by atoms with E-state index in [0.717, 1.165) is 44.2 Å². The van der Waals surface area contributed by atoms with E-state index in [9.17, 15) is 0 Å². The molecule has 1 aromatic carbocycles. The van der Waals surface area contributed by atoms with Crippen LogP contribution in [0.1, 0.15) is 12.0 Å². The van der Waals surface area contributed by atoms with Crippen molar-refractivity contribution in [1.29, 1.82) is 0 Å². The van der Waals surface area contributed by atoms with Crippen molar-refractivity contribution in [2.75, 3.05) is 40.0 Å². The number of rotatable bonds is 7. The summed E-state index contributed by atoms with van der Waals surface area (Å²) in [5.74, 6) is 1.60. The van der Waals surface area contributed by atoms with E-state index in [-0.39, 0.29) is 0 Å². The second-order valence-corrected chi connectivity index (χ2v) is 5.11. The minimum atomic E-state index is 0.558. The van der Waals surface area contributed by atoms with Gasteiger partial charge in [0.1, 0.15) is 12.4 Å². The van der Waals surface area contributed by atoms with Gasteiger partial charge in [-0.3, -0.25) is 4.90 Å². The molecule has 2 N–H and O–H groups in total. The van der Waals surface area contributed by atoms with E-state index < -0.39 is 0 Å². The van der Waals surface area contributed by atoms with Gasteiger partial charge in [-0.15, -0.1) is 0 Å². The molecule has 1 atom stereocenters. The fraction of sp³-hybridized carbons (Fsp3) is 0.600. The highest BCUT2D eigenvalue weighted by molar-refractivity contribution is 5.28. The van der Waals surface area contributed by atoms with Crippen molar-refractivity contribution >= 4 is 0 Å². The fourth-order valence-electron chi connectivity index (χ4n) is 2.54. The van der Waals surface area contributed by atoms with Crippen molar-refractivity contribution in [3.05, 3.63) is 29.8 Å². The summed E-state index contributed by atoms with van der Waals surface area (Å²) < 4.78 is 11.0. The molecule has 4 heteroatoms. The highest BCUT2D eigenvalue weighted by Gasteiger charge is 2.21. The summed E-state index contributed by atoms with van der Waals surface area (Å²) in [6, 6.07) is 8.00. The standard InChI is InChI=1S/C15H24N2O2/c1-18-12-14-5-6-17(11-14)7-8-19-15-4-2-3-13(9-15)10-16/h2-4,9,14H,5-8,10-12,16H2,1H3. The monoisotopic (exact) mass is 264 g/mol. The molecule has 0 saturated carbocycles. The molecular weight excluding hydrogens is 240 g/mol. The Kier molecular flexibility index (Phi) is 5.63. The highest BCUT2D eigenvalue weighted by atomic mass is 16.5. The molecule has 106 valence electrons. The Morgan fingerprint density at radius 1 is 1.42 bits per heavy atom. The van der Waals surface area contributed by atoms with E-state index in [1.54, 1.807) is 7.11 Å². The molecule has 4 nitrogen and oxygen atoms in total. The highest BCUT2D eigenvalue weighted by Crippen LogP contribution is 2.17. The summed E-state index contributed by atoms with van der Waals surface area (Å²) in [6.07, 6.45) is 1.23. The Labute approximate surface area is 115 Å². The number of methoxy groups -OCH3 is 1. The summed E-state index contributed by atoms with van der Waals surface area (Å²) in [4.78, 5) is 2.44. The third-order valence-corrected chi connectivity index (χ3v) is 3.58. The van der Waals surface area contributed by atoms with Crippen LogP contribution in [0.25, 0.3) is 0 Å². The van der Waals surface area contributed by atoms with Crippen LogP contribution in [0.4, 0.5) is 0 Å². The molecule has 0 aromatic heterocycles. The van der Waals surface area contributed by atoms with Gasteiger partial charge in [-0.25, -0.2) is 0 Å². The third kappa shape index (κ3) is 4.49. The van der Waals surface area contributed by atoms with Crippen molar-refractivity contribution in [1.82, 2.24) is 4.90 Å². The molecule has 1 unspecified atom stereocenters. The molecule has 0 spiro atoms. The predicted molar refractivity (Wildman–Crippen MR) is 76.3 cm³/mol. The molecular formula is C15H24N2O2. The summed E-state index contributed by atoms with van der Waals surface area (Å²) >= 11 is 0. The Hall–Kier alpha value is -1.10. The van der Waals surface area contributed by atoms with Gasteiger partial charge in [0.25, 0.3) is 0 Å². The van der Waals surface area contributed by atoms with Crippen molar-refractivity contribution in [2.24, 2.45) is 11.7 Å². The Balaban J connectivity index is 1.69. The fourth-order valence-corrected chi connectivity index (χ4v) is 2.54. The van der Waals surface area contributed by atoms with Crippen LogP contribution in [0.2, 0.25) is 0 Å². The number of ether oxygens (including phenoxy) is 2. The summed E-state index contributed by atoms with van der Waals surface area (Å²) in [5, 5.41) is 0. The molecule has 0 bridgehead atoms. The minimum absolute atomic E-state index is 0.558. The number of hydrogen-bond acceptors (Lipinski definition) is 4. The van der Waals surface area contributed by atoms with E-state index >= 15 is 0 Å². The normalized spacial score (nSPS) is 19.8. The largest absolute Gasteiger partial charge is 0.492 e. The van der Waals surface area contributed by atoms with Gasteiger partial charge in [0.2, 0.25) is 0 Å². The summed E-state index contributed by atoms with van der Waals surface area (Å²) in [6.45, 7) is 5.42. The number of benzene rings is 1. The van der Waals surface area contributed by atoms with Gasteiger partial charge in [-0.05, 0) is 36.6 Å². The number of nitrogens with two attached hydrogens (primary N) is 1. The van der Waals surface area contributed by atoms with Crippen LogP contribution in [0.15, 0.2) is 24.3 Å². The summed E-state index contributed by atoms with van der Waals surface area (Å²) in [7, 11) is 1.77. The molecule has 1 fully saturated rings. The Morgan fingerprint density at radius 2 is 2.32 bits per heavy atom. The molecule has 1 saturated heterocycles. The lowest BCUT2D eigenvalue weighted by Gasteiger charge is -2.16. The Morgan fingerprint density at radius 3 is 3.11 bits per heavy atom. The SMILES string of the molecule is COCC1CCN(CCOc2cccc(CN)c2)C1. The first-order chi connectivity index (χ1) is 9.31. The van der Waals surface area contributed by atoms with Gasteiger partial charge >= 0.3 is 0 Å². The van der Waals surface area contributed by atoms with Gasteiger partial charge in [-0.2, -0.15) is 0 Å². The molecule has 0 radical (unpaired) electrons. The minimum Gasteiger partial charge on any atom is -0.492 e. The van der Waals surface area contributed by atoms with Crippen molar-refractivity contribution in [3.63, 3.8) is 0 Å². The van der Waals surface area contributed by atoms with E-state index in [0.29, 0.717) is 12.5 Å². The average Bonchev–Trinajstić information content (AvgIpc) is 2.87. The maximum atomic E-state index is 5.78. The van der Waals surface area contributed by atoms with E-state index in [4.69, 9.17) is 15.2 Å². The first-order valence-corrected chi connectivity index (χ1v) is 6.95. The lowest BCUT2D eigenvalue weighted by atomic mass is 10.1. The molecule has 19 heavy (non-hydrogen) atoms. The predicted octanol–water partition coefficient (Wildman–Crippen LogP) is 1.49. The van der Waals surface area contributed by atoms with Crippen LogP contribution in [0, 0.1) is 5.92 Å². The van der Waals surface area contributed by atoms with E-state index in [1.165, 1.54) is 6.42 Å². The number of likely N-dealkylation sites (tertiary alicyclic amines) is 1. The van der Waals surface area contributed by atoms with E-state index in [2.05, 4.69) is 4.90 Å². The molecule has 1 heterocycles. The van der Waals surface area contributed by atoms with Crippen LogP contribution < -0.4 is 10.5 Å². The van der Waals surface area contributed by atoms with Crippen LogP contribution in [0.5, 0.6) is 5.75 Å². The Bertz CT molecular complexity index is 384. The molecule has 0 amide bonds. The quantitative estimate of drug-likeness (QED) is 0.810. The zero-order valence-corrected chi connectivity index (χ0v) is 11.7. The van der Waals surface area contributed by atoms with Gasteiger partial charge in [0, 0.05) is 26.7 Å². The average molecular weight is 264 g/mol. The van der Waals surface area contributed by atoms with Gasteiger partial charge in [0.05, 0.1) is 6.61 Å².